The van der Waals surface area contributed by atoms with Gasteiger partial charge in [-0.15, -0.1) is 6.58 Å². The normalized spacial score (nSPS) is 13.2. The molecule has 1 rings (SSSR count). The molecule has 0 fully saturated rings. The van der Waals surface area contributed by atoms with E-state index in [-0.39, 0.29) is 5.92 Å². The quantitative estimate of drug-likeness (QED) is 0.178. The molecule has 0 radical (unpaired) electrons. The second-order valence-corrected chi connectivity index (χ2v) is 8.17. The van der Waals surface area contributed by atoms with Gasteiger partial charge in [-0.1, -0.05) is 81.0 Å². The summed E-state index contributed by atoms with van der Waals surface area (Å²) in [7, 11) is 3.93. The van der Waals surface area contributed by atoms with Crippen LogP contribution in [-0.2, 0) is 0 Å². The van der Waals surface area contributed by atoms with Crippen molar-refractivity contribution in [1.82, 2.24) is 10.2 Å². The summed E-state index contributed by atoms with van der Waals surface area (Å²) in [4.78, 5) is 5.86. The summed E-state index contributed by atoms with van der Waals surface area (Å²) >= 11 is 0. The Hall–Kier alpha value is -3.25. The van der Waals surface area contributed by atoms with Gasteiger partial charge in [0.2, 0.25) is 0 Å². The lowest BCUT2D eigenvalue weighted by Gasteiger charge is -2.16. The first-order valence-corrected chi connectivity index (χ1v) is 11.5. The average Bonchev–Trinajstić information content (AvgIpc) is 2.80. The number of nitrogens with zero attached hydrogens (tertiary/aromatic N) is 2. The van der Waals surface area contributed by atoms with Crippen LogP contribution in [0.2, 0.25) is 0 Å². The largest absolute Gasteiger partial charge is 0.373 e. The summed E-state index contributed by atoms with van der Waals surface area (Å²) in [6.45, 7) is 21.3. The molecule has 33 heavy (non-hydrogen) atoms. The van der Waals surface area contributed by atoms with E-state index in [0.29, 0.717) is 5.92 Å². The molecule has 0 bridgehead atoms. The lowest BCUT2D eigenvalue weighted by Crippen LogP contribution is -2.23. The maximum absolute atomic E-state index is 5.23. The van der Waals surface area contributed by atoms with Crippen LogP contribution in [0.4, 0.5) is 0 Å². The fourth-order valence-electron chi connectivity index (χ4n) is 3.13. The van der Waals surface area contributed by atoms with Crippen LogP contribution < -0.4 is 5.32 Å². The van der Waals surface area contributed by atoms with Gasteiger partial charge < -0.3 is 10.2 Å². The number of hydrogen-bond donors (Lipinski definition) is 1. The minimum Gasteiger partial charge on any atom is -0.373 e. The molecular weight excluding hydrogens is 402 g/mol. The number of terminal acetylenes is 1. The first-order chi connectivity index (χ1) is 15.7. The zero-order valence-electron chi connectivity index (χ0n) is 21.9. The Morgan fingerprint density at radius 1 is 1.12 bits per heavy atom. The molecule has 0 spiro atoms. The van der Waals surface area contributed by atoms with E-state index in [9.17, 15) is 0 Å². The van der Waals surface area contributed by atoms with Gasteiger partial charge in [0.05, 0.1) is 5.82 Å². The highest BCUT2D eigenvalue weighted by Crippen LogP contribution is 2.28. The molecule has 0 saturated carbocycles. The van der Waals surface area contributed by atoms with Crippen molar-refractivity contribution in [3.05, 3.63) is 95.4 Å². The van der Waals surface area contributed by atoms with Gasteiger partial charge in [-0.05, 0) is 55.9 Å². The monoisotopic (exact) mass is 445 g/mol. The van der Waals surface area contributed by atoms with Gasteiger partial charge in [0.25, 0.3) is 0 Å². The highest BCUT2D eigenvalue weighted by atomic mass is 15.2. The molecule has 0 aromatic heterocycles. The van der Waals surface area contributed by atoms with Crippen molar-refractivity contribution in [1.29, 1.82) is 0 Å². The smallest absolute Gasteiger partial charge is 0.0933 e. The van der Waals surface area contributed by atoms with Crippen LogP contribution in [-0.4, -0.2) is 31.8 Å². The standard InChI is InChI=1S/C24H29N.C6H14N2/c1-8-20(21(9-2)17-25-11-4)16-19(7)24(10-3)23-14-12-22(13-15-23)18(5)6;1-5-7-6(2)8(3)4/h4,8-10,12-18,24H,3H2,1-2,5-7H3;7H,2,5H2,1,3-4H3/b19-16+,20-8+,21-9+,25-17?;/t24-;/m0./s1. The van der Waals surface area contributed by atoms with E-state index in [1.54, 1.807) is 6.21 Å². The van der Waals surface area contributed by atoms with Crippen LogP contribution in [0.25, 0.3) is 0 Å². The van der Waals surface area contributed by atoms with E-state index in [1.807, 2.05) is 45.0 Å². The van der Waals surface area contributed by atoms with Gasteiger partial charge in [-0.2, -0.15) is 0 Å². The summed E-state index contributed by atoms with van der Waals surface area (Å²) in [6, 6.07) is 11.1. The molecule has 0 amide bonds. The van der Waals surface area contributed by atoms with Crippen LogP contribution in [0.5, 0.6) is 0 Å². The van der Waals surface area contributed by atoms with E-state index in [1.165, 1.54) is 16.7 Å². The Balaban J connectivity index is 0.00000109. The van der Waals surface area contributed by atoms with Gasteiger partial charge in [-0.25, -0.2) is 4.99 Å². The molecule has 0 aliphatic rings. The van der Waals surface area contributed by atoms with Crippen LogP contribution in [0.15, 0.2) is 89.3 Å². The summed E-state index contributed by atoms with van der Waals surface area (Å²) < 4.78 is 0. The number of hydrogen-bond acceptors (Lipinski definition) is 3. The van der Waals surface area contributed by atoms with Gasteiger partial charge in [0, 0.05) is 38.8 Å². The summed E-state index contributed by atoms with van der Waals surface area (Å²) in [6.07, 6.45) is 15.2. The molecular formula is C30H43N3. The molecule has 1 aromatic rings. The maximum atomic E-state index is 5.23. The van der Waals surface area contributed by atoms with Crippen LogP contribution in [0.3, 0.4) is 0 Å². The van der Waals surface area contributed by atoms with Crippen molar-refractivity contribution in [2.24, 2.45) is 4.99 Å². The molecule has 178 valence electrons. The van der Waals surface area contributed by atoms with E-state index < -0.39 is 0 Å². The lowest BCUT2D eigenvalue weighted by atomic mass is 9.88. The lowest BCUT2D eigenvalue weighted by molar-refractivity contribution is 0.468. The third-order valence-electron chi connectivity index (χ3n) is 5.23. The van der Waals surface area contributed by atoms with Crippen molar-refractivity contribution >= 4 is 6.21 Å². The molecule has 0 saturated heterocycles. The average molecular weight is 446 g/mol. The zero-order chi connectivity index (χ0) is 25.4. The summed E-state index contributed by atoms with van der Waals surface area (Å²) in [5.41, 5.74) is 5.95. The van der Waals surface area contributed by atoms with Gasteiger partial charge in [0.1, 0.15) is 0 Å². The molecule has 0 aliphatic heterocycles. The Morgan fingerprint density at radius 2 is 1.67 bits per heavy atom. The Labute approximate surface area is 203 Å². The molecule has 0 heterocycles. The fraction of sp³-hybridized carbons (Fsp3) is 0.367. The number of rotatable bonds is 10. The van der Waals surface area contributed by atoms with E-state index in [0.717, 1.165) is 23.5 Å². The zero-order valence-corrected chi connectivity index (χ0v) is 21.9. The SMILES string of the molecule is C#CN=CC(=C\C)/C(=C/C)/C=C(\C)[C@H](C=C)c1ccc(C(C)C)cc1.C=C(NCC)N(C)C. The highest BCUT2D eigenvalue weighted by molar-refractivity contribution is 5.86. The Morgan fingerprint density at radius 3 is 2.03 bits per heavy atom. The topological polar surface area (TPSA) is 27.6 Å². The van der Waals surface area contributed by atoms with E-state index >= 15 is 0 Å². The van der Waals surface area contributed by atoms with Crippen molar-refractivity contribution in [3.63, 3.8) is 0 Å². The second kappa shape index (κ2) is 16.4. The predicted octanol–water partition coefficient (Wildman–Crippen LogP) is 7.21. The Bertz CT molecular complexity index is 901. The first-order valence-electron chi connectivity index (χ1n) is 11.5. The Kier molecular flexibility index (Phi) is 14.8. The summed E-state index contributed by atoms with van der Waals surface area (Å²) in [5, 5.41) is 3.08. The number of nitrogens with one attached hydrogen (secondary N) is 1. The summed E-state index contributed by atoms with van der Waals surface area (Å²) in [5.74, 6) is 1.68. The maximum Gasteiger partial charge on any atom is 0.0933 e. The van der Waals surface area contributed by atoms with Crippen molar-refractivity contribution in [3.8, 4) is 12.5 Å². The highest BCUT2D eigenvalue weighted by Gasteiger charge is 2.11. The molecule has 0 aliphatic carbocycles. The van der Waals surface area contributed by atoms with Crippen molar-refractivity contribution in [2.45, 2.75) is 53.4 Å². The van der Waals surface area contributed by atoms with E-state index in [2.05, 4.69) is 93.6 Å². The number of benzene rings is 1. The molecule has 1 atom stereocenters. The molecule has 3 heteroatoms. The molecule has 0 unspecified atom stereocenters. The number of aliphatic imine (C=N–C) groups is 1. The molecule has 3 nitrogen and oxygen atoms in total. The fourth-order valence-corrected chi connectivity index (χ4v) is 3.13. The molecule has 1 aromatic carbocycles. The predicted molar refractivity (Wildman–Crippen MR) is 149 cm³/mol. The van der Waals surface area contributed by atoms with Crippen molar-refractivity contribution < 1.29 is 0 Å². The third kappa shape index (κ3) is 10.7. The van der Waals surface area contributed by atoms with E-state index in [4.69, 9.17) is 6.42 Å². The van der Waals surface area contributed by atoms with Crippen LogP contribution >= 0.6 is 0 Å². The van der Waals surface area contributed by atoms with Crippen LogP contribution in [0.1, 0.15) is 64.5 Å². The first kappa shape index (κ1) is 29.8. The van der Waals surface area contributed by atoms with Gasteiger partial charge >= 0.3 is 0 Å². The van der Waals surface area contributed by atoms with Crippen LogP contribution in [0, 0.1) is 12.5 Å². The third-order valence-corrected chi connectivity index (χ3v) is 5.23. The minimum absolute atomic E-state index is 0.179. The molecule has 1 N–H and O–H groups in total. The second-order valence-electron chi connectivity index (χ2n) is 8.17. The minimum atomic E-state index is 0.179. The van der Waals surface area contributed by atoms with Gasteiger partial charge in [-0.3, -0.25) is 0 Å². The number of allylic oxidation sites excluding steroid dienone is 7. The van der Waals surface area contributed by atoms with Gasteiger partial charge in [0.15, 0.2) is 0 Å². The van der Waals surface area contributed by atoms with Crippen molar-refractivity contribution in [2.75, 3.05) is 20.6 Å².